The first-order valence-electron chi connectivity index (χ1n) is 9.80. The van der Waals surface area contributed by atoms with Gasteiger partial charge in [-0.25, -0.2) is 15.0 Å². The average molecular weight is 399 g/mol. The van der Waals surface area contributed by atoms with Crippen LogP contribution in [0.1, 0.15) is 0 Å². The molecule has 0 spiro atoms. The van der Waals surface area contributed by atoms with E-state index in [9.17, 15) is 0 Å². The second-order valence-corrected chi connectivity index (χ2v) is 7.04. The number of para-hydroxylation sites is 1. The molecule has 3 N–H and O–H groups in total. The first-order valence-corrected chi connectivity index (χ1v) is 9.80. The molecule has 1 aromatic carbocycles. The molecule has 30 heavy (non-hydrogen) atoms. The summed E-state index contributed by atoms with van der Waals surface area (Å²) in [5.74, 6) is 1.44. The standard InChI is InChI=1S/C22H21N7O/c23-16-6-7-24-19(12-16)18-3-1-2-15-13-26-22(28-21(15)18)27-17-4-5-20(25-14-17)29-8-10-30-11-9-29/h1-7,12-14H,8-11H2,(H2,23,24)(H,26,27,28). The van der Waals surface area contributed by atoms with Crippen molar-refractivity contribution in [2.24, 2.45) is 0 Å². The molecule has 0 aliphatic carbocycles. The van der Waals surface area contributed by atoms with Crippen molar-refractivity contribution in [3.63, 3.8) is 0 Å². The van der Waals surface area contributed by atoms with E-state index >= 15 is 0 Å². The van der Waals surface area contributed by atoms with E-state index in [1.54, 1.807) is 24.7 Å². The van der Waals surface area contributed by atoms with E-state index in [0.717, 1.165) is 60.0 Å². The van der Waals surface area contributed by atoms with Crippen molar-refractivity contribution in [2.45, 2.75) is 0 Å². The Labute approximate surface area is 173 Å². The van der Waals surface area contributed by atoms with Gasteiger partial charge in [0.2, 0.25) is 5.95 Å². The Balaban J connectivity index is 1.43. The summed E-state index contributed by atoms with van der Waals surface area (Å²) >= 11 is 0. The SMILES string of the molecule is Nc1ccnc(-c2cccc3cnc(Nc4ccc(N5CCOCC5)nc4)nc23)c1. The maximum Gasteiger partial charge on any atom is 0.227 e. The van der Waals surface area contributed by atoms with Crippen molar-refractivity contribution in [1.29, 1.82) is 0 Å². The van der Waals surface area contributed by atoms with Crippen LogP contribution in [-0.2, 0) is 4.74 Å². The van der Waals surface area contributed by atoms with Crippen molar-refractivity contribution in [1.82, 2.24) is 19.9 Å². The molecule has 4 heterocycles. The molecule has 1 saturated heterocycles. The first kappa shape index (κ1) is 18.3. The van der Waals surface area contributed by atoms with Gasteiger partial charge in [0.15, 0.2) is 0 Å². The Morgan fingerprint density at radius 2 is 1.87 bits per heavy atom. The van der Waals surface area contributed by atoms with Gasteiger partial charge in [0, 0.05) is 42.1 Å². The number of hydrogen-bond acceptors (Lipinski definition) is 8. The molecule has 0 unspecified atom stereocenters. The zero-order chi connectivity index (χ0) is 20.3. The zero-order valence-corrected chi connectivity index (χ0v) is 16.3. The van der Waals surface area contributed by atoms with Crippen molar-refractivity contribution in [3.05, 3.63) is 61.1 Å². The Bertz CT molecular complexity index is 1170. The van der Waals surface area contributed by atoms with E-state index < -0.39 is 0 Å². The van der Waals surface area contributed by atoms with Crippen LogP contribution in [0, 0.1) is 0 Å². The molecule has 1 aliphatic rings. The normalized spacial score (nSPS) is 14.1. The summed E-state index contributed by atoms with van der Waals surface area (Å²) < 4.78 is 5.40. The Kier molecular flexibility index (Phi) is 4.82. The fraction of sp³-hybridized carbons (Fsp3) is 0.182. The molecule has 0 atom stereocenters. The highest BCUT2D eigenvalue weighted by atomic mass is 16.5. The van der Waals surface area contributed by atoms with Crippen LogP contribution in [-0.4, -0.2) is 46.2 Å². The van der Waals surface area contributed by atoms with E-state index in [1.165, 1.54) is 0 Å². The lowest BCUT2D eigenvalue weighted by Gasteiger charge is -2.27. The molecule has 8 heteroatoms. The molecule has 0 radical (unpaired) electrons. The van der Waals surface area contributed by atoms with E-state index in [2.05, 4.69) is 25.2 Å². The topological polar surface area (TPSA) is 102 Å². The van der Waals surface area contributed by atoms with Gasteiger partial charge in [-0.05, 0) is 24.3 Å². The summed E-state index contributed by atoms with van der Waals surface area (Å²) in [7, 11) is 0. The van der Waals surface area contributed by atoms with Crippen LogP contribution in [0.2, 0.25) is 0 Å². The van der Waals surface area contributed by atoms with E-state index in [1.807, 2.05) is 36.4 Å². The predicted molar refractivity (Wildman–Crippen MR) is 118 cm³/mol. The molecular formula is C22H21N7O. The Morgan fingerprint density at radius 3 is 2.67 bits per heavy atom. The molecule has 0 bridgehead atoms. The number of ether oxygens (including phenoxy) is 1. The number of nitrogen functional groups attached to an aromatic ring is 1. The summed E-state index contributed by atoms with van der Waals surface area (Å²) in [6.45, 7) is 3.18. The van der Waals surface area contributed by atoms with Gasteiger partial charge < -0.3 is 20.7 Å². The number of anilines is 4. The fourth-order valence-corrected chi connectivity index (χ4v) is 3.49. The molecule has 150 valence electrons. The minimum Gasteiger partial charge on any atom is -0.399 e. The number of morpholine rings is 1. The lowest BCUT2D eigenvalue weighted by Crippen LogP contribution is -2.36. The van der Waals surface area contributed by atoms with Crippen molar-refractivity contribution in [2.75, 3.05) is 42.3 Å². The van der Waals surface area contributed by atoms with Gasteiger partial charge in [0.25, 0.3) is 0 Å². The second-order valence-electron chi connectivity index (χ2n) is 7.04. The maximum absolute atomic E-state index is 5.94. The smallest absolute Gasteiger partial charge is 0.227 e. The van der Waals surface area contributed by atoms with Crippen LogP contribution in [0.25, 0.3) is 22.2 Å². The third-order valence-electron chi connectivity index (χ3n) is 5.01. The van der Waals surface area contributed by atoms with E-state index in [-0.39, 0.29) is 0 Å². The van der Waals surface area contributed by atoms with Crippen LogP contribution >= 0.6 is 0 Å². The van der Waals surface area contributed by atoms with Gasteiger partial charge in [0.1, 0.15) is 5.82 Å². The van der Waals surface area contributed by atoms with Crippen LogP contribution in [0.5, 0.6) is 0 Å². The van der Waals surface area contributed by atoms with Crippen LogP contribution in [0.15, 0.2) is 61.1 Å². The molecule has 8 nitrogen and oxygen atoms in total. The van der Waals surface area contributed by atoms with E-state index in [0.29, 0.717) is 11.6 Å². The van der Waals surface area contributed by atoms with Gasteiger partial charge in [-0.3, -0.25) is 4.98 Å². The fourth-order valence-electron chi connectivity index (χ4n) is 3.49. The number of hydrogen-bond donors (Lipinski definition) is 2. The molecule has 1 aliphatic heterocycles. The van der Waals surface area contributed by atoms with Crippen molar-refractivity contribution in [3.8, 4) is 11.3 Å². The molecule has 0 amide bonds. The van der Waals surface area contributed by atoms with Gasteiger partial charge in [-0.2, -0.15) is 0 Å². The molecule has 0 saturated carbocycles. The van der Waals surface area contributed by atoms with Gasteiger partial charge in [0.05, 0.1) is 36.3 Å². The number of nitrogens with two attached hydrogens (primary N) is 1. The number of benzene rings is 1. The van der Waals surface area contributed by atoms with Gasteiger partial charge in [-0.15, -0.1) is 0 Å². The average Bonchev–Trinajstić information content (AvgIpc) is 2.80. The van der Waals surface area contributed by atoms with Crippen molar-refractivity contribution < 1.29 is 4.74 Å². The Morgan fingerprint density at radius 1 is 0.967 bits per heavy atom. The van der Waals surface area contributed by atoms with Crippen molar-refractivity contribution >= 4 is 34.0 Å². The van der Waals surface area contributed by atoms with Crippen LogP contribution in [0.4, 0.5) is 23.1 Å². The summed E-state index contributed by atoms with van der Waals surface area (Å²) in [5.41, 5.74) is 9.92. The zero-order valence-electron chi connectivity index (χ0n) is 16.3. The largest absolute Gasteiger partial charge is 0.399 e. The summed E-state index contributed by atoms with van der Waals surface area (Å²) in [6.07, 6.45) is 5.30. The molecule has 4 aromatic rings. The quantitative estimate of drug-likeness (QED) is 0.539. The highest BCUT2D eigenvalue weighted by molar-refractivity contribution is 5.93. The minimum absolute atomic E-state index is 0.500. The molecule has 3 aromatic heterocycles. The third-order valence-corrected chi connectivity index (χ3v) is 5.01. The Hall–Kier alpha value is -3.78. The van der Waals surface area contributed by atoms with Gasteiger partial charge >= 0.3 is 0 Å². The number of pyridine rings is 2. The first-order chi connectivity index (χ1) is 14.8. The second kappa shape index (κ2) is 7.92. The lowest BCUT2D eigenvalue weighted by atomic mass is 10.1. The number of rotatable bonds is 4. The molecule has 1 fully saturated rings. The summed E-state index contributed by atoms with van der Waals surface area (Å²) in [6, 6.07) is 13.5. The van der Waals surface area contributed by atoms with E-state index in [4.69, 9.17) is 15.5 Å². The summed E-state index contributed by atoms with van der Waals surface area (Å²) in [4.78, 5) is 20.4. The number of nitrogens with one attached hydrogen (secondary N) is 1. The third kappa shape index (κ3) is 3.72. The highest BCUT2D eigenvalue weighted by Crippen LogP contribution is 2.28. The summed E-state index contributed by atoms with van der Waals surface area (Å²) in [5, 5.41) is 4.18. The number of nitrogens with zero attached hydrogens (tertiary/aromatic N) is 5. The lowest BCUT2D eigenvalue weighted by molar-refractivity contribution is 0.122. The number of fused-ring (bicyclic) bond motifs is 1. The number of aromatic nitrogens is 4. The van der Waals surface area contributed by atoms with Gasteiger partial charge in [-0.1, -0.05) is 18.2 Å². The molecular weight excluding hydrogens is 378 g/mol. The van der Waals surface area contributed by atoms with Crippen LogP contribution < -0.4 is 16.0 Å². The molecule has 5 rings (SSSR count). The predicted octanol–water partition coefficient (Wildman–Crippen LogP) is 3.25. The maximum atomic E-state index is 5.94. The highest BCUT2D eigenvalue weighted by Gasteiger charge is 2.13. The minimum atomic E-state index is 0.500. The van der Waals surface area contributed by atoms with Crippen LogP contribution in [0.3, 0.4) is 0 Å². The monoisotopic (exact) mass is 399 g/mol.